The SMILES string of the molecule is O=C(O)C(Cc1ccccc1)CC(Cl)Cl.O=c1[nH]c2ccc1cc2. The van der Waals surface area contributed by atoms with E-state index in [0.29, 0.717) is 6.42 Å². The summed E-state index contributed by atoms with van der Waals surface area (Å²) in [6.07, 6.45) is 0.736. The van der Waals surface area contributed by atoms with Gasteiger partial charge in [0.15, 0.2) is 0 Å². The number of aromatic nitrogens is 1. The van der Waals surface area contributed by atoms with Crippen LogP contribution in [0.25, 0.3) is 10.9 Å². The third-order valence-electron chi connectivity index (χ3n) is 3.54. The number of rotatable bonds is 5. The Bertz CT molecular complexity index is 797. The number of carbonyl (C=O) groups is 1. The zero-order chi connectivity index (χ0) is 17.5. The monoisotopic (exact) mass is 365 g/mol. The zero-order valence-electron chi connectivity index (χ0n) is 12.8. The van der Waals surface area contributed by atoms with Gasteiger partial charge in [0, 0.05) is 10.9 Å². The predicted molar refractivity (Wildman–Crippen MR) is 97.1 cm³/mol. The van der Waals surface area contributed by atoms with Crippen molar-refractivity contribution in [2.45, 2.75) is 17.7 Å². The number of alkyl halides is 2. The van der Waals surface area contributed by atoms with Gasteiger partial charge in [-0.2, -0.15) is 0 Å². The summed E-state index contributed by atoms with van der Waals surface area (Å²) in [5.41, 5.74) is 1.88. The van der Waals surface area contributed by atoms with E-state index in [4.69, 9.17) is 28.3 Å². The van der Waals surface area contributed by atoms with Gasteiger partial charge < -0.3 is 10.1 Å². The first-order valence-corrected chi connectivity index (χ1v) is 8.29. The molecule has 2 bridgehead atoms. The number of H-pyrrole nitrogens is 1. The van der Waals surface area contributed by atoms with Gasteiger partial charge in [-0.3, -0.25) is 9.59 Å². The van der Waals surface area contributed by atoms with Crippen LogP contribution in [-0.4, -0.2) is 20.9 Å². The van der Waals surface area contributed by atoms with Crippen molar-refractivity contribution in [3.05, 3.63) is 70.5 Å². The number of pyridine rings is 2. The molecular weight excluding hydrogens is 349 g/mol. The molecule has 0 radical (unpaired) electrons. The number of benzene rings is 2. The van der Waals surface area contributed by atoms with Gasteiger partial charge in [0.1, 0.15) is 4.84 Å². The van der Waals surface area contributed by atoms with E-state index in [1.54, 1.807) is 0 Å². The molecule has 0 fully saturated rings. The summed E-state index contributed by atoms with van der Waals surface area (Å²) in [5, 5.41) is 9.71. The highest BCUT2D eigenvalue weighted by atomic mass is 35.5. The number of aromatic amines is 1. The number of halogens is 2. The first-order valence-electron chi connectivity index (χ1n) is 7.42. The lowest BCUT2D eigenvalue weighted by Gasteiger charge is -2.12. The minimum atomic E-state index is -0.856. The summed E-state index contributed by atoms with van der Waals surface area (Å²) in [6.45, 7) is 0. The van der Waals surface area contributed by atoms with Crippen molar-refractivity contribution < 1.29 is 9.90 Å². The number of hydrogen-bond acceptors (Lipinski definition) is 2. The highest BCUT2D eigenvalue weighted by Crippen LogP contribution is 2.19. The second-order valence-electron chi connectivity index (χ2n) is 5.38. The molecule has 0 saturated heterocycles. The molecule has 0 amide bonds. The van der Waals surface area contributed by atoms with Crippen molar-refractivity contribution in [1.82, 2.24) is 4.98 Å². The van der Waals surface area contributed by atoms with Gasteiger partial charge in [0.05, 0.1) is 5.92 Å². The van der Waals surface area contributed by atoms with Crippen molar-refractivity contribution in [1.29, 1.82) is 0 Å². The van der Waals surface area contributed by atoms with Crippen LogP contribution in [0.4, 0.5) is 0 Å². The summed E-state index contributed by atoms with van der Waals surface area (Å²) >= 11 is 11.2. The molecule has 2 N–H and O–H groups in total. The van der Waals surface area contributed by atoms with Gasteiger partial charge in [0.2, 0.25) is 0 Å². The maximum atomic E-state index is 10.9. The van der Waals surface area contributed by atoms with Crippen LogP contribution in [0.15, 0.2) is 59.4 Å². The Labute approximate surface area is 149 Å². The van der Waals surface area contributed by atoms with Gasteiger partial charge in [-0.15, -0.1) is 23.2 Å². The molecule has 1 unspecified atom stereocenters. The minimum absolute atomic E-state index is 0.00926. The van der Waals surface area contributed by atoms with Crippen LogP contribution >= 0.6 is 23.2 Å². The summed E-state index contributed by atoms with van der Waals surface area (Å²) < 4.78 is 0. The Kier molecular flexibility index (Phi) is 6.64. The molecular formula is C18H17Cl2NO3. The van der Waals surface area contributed by atoms with Crippen molar-refractivity contribution in [3.63, 3.8) is 0 Å². The molecule has 1 atom stereocenters. The maximum Gasteiger partial charge on any atom is 0.306 e. The maximum absolute atomic E-state index is 10.9. The smallest absolute Gasteiger partial charge is 0.306 e. The van der Waals surface area contributed by atoms with E-state index in [9.17, 15) is 9.59 Å². The average Bonchev–Trinajstić information content (AvgIpc) is 2.56. The van der Waals surface area contributed by atoms with Crippen LogP contribution in [0.5, 0.6) is 0 Å². The molecule has 0 aliphatic carbocycles. The summed E-state index contributed by atoms with van der Waals surface area (Å²) in [7, 11) is 0. The van der Waals surface area contributed by atoms with E-state index in [0.717, 1.165) is 16.5 Å². The molecule has 2 aromatic heterocycles. The average molecular weight is 366 g/mol. The number of nitrogens with one attached hydrogen (secondary N) is 1. The first kappa shape index (κ1) is 18.3. The second kappa shape index (κ2) is 8.71. The van der Waals surface area contributed by atoms with Crippen LogP contribution < -0.4 is 5.56 Å². The Hall–Kier alpha value is -2.04. The molecule has 4 rings (SSSR count). The predicted octanol–water partition coefficient (Wildman–Crippen LogP) is 4.09. The molecule has 0 spiro atoms. The summed E-state index contributed by atoms with van der Waals surface area (Å²) in [4.78, 5) is 23.8. The van der Waals surface area contributed by atoms with Gasteiger partial charge >= 0.3 is 5.97 Å². The van der Waals surface area contributed by atoms with Crippen LogP contribution in [0.3, 0.4) is 0 Å². The van der Waals surface area contributed by atoms with Crippen molar-refractivity contribution in [3.8, 4) is 0 Å². The fourth-order valence-electron chi connectivity index (χ4n) is 2.29. The quantitative estimate of drug-likeness (QED) is 0.669. The van der Waals surface area contributed by atoms with Gasteiger partial charge in [0.25, 0.3) is 5.56 Å². The standard InChI is InChI=1S/C11H12Cl2O2.C7H5NO/c12-10(13)7-9(11(14)15)6-8-4-2-1-3-5-8;9-7-5-1-3-6(8-7)4-2-5/h1-5,9-10H,6-7H2,(H,14,15);1-4H,(H,8,9). The number of fused-ring (bicyclic) bond motifs is 3. The second-order valence-corrected chi connectivity index (χ2v) is 6.66. The van der Waals surface area contributed by atoms with E-state index >= 15 is 0 Å². The van der Waals surface area contributed by atoms with E-state index in [-0.39, 0.29) is 12.0 Å². The highest BCUT2D eigenvalue weighted by Gasteiger charge is 2.20. The molecule has 0 aliphatic rings. The molecule has 2 aromatic carbocycles. The molecule has 2 heterocycles. The lowest BCUT2D eigenvalue weighted by atomic mass is 9.97. The van der Waals surface area contributed by atoms with Crippen molar-refractivity contribution in [2.24, 2.45) is 5.92 Å². The third-order valence-corrected chi connectivity index (χ3v) is 3.90. The van der Waals surface area contributed by atoms with E-state index in [1.807, 2.05) is 54.6 Å². The molecule has 6 heteroatoms. The van der Waals surface area contributed by atoms with Gasteiger partial charge in [-0.25, -0.2) is 0 Å². The minimum Gasteiger partial charge on any atom is -0.481 e. The molecule has 4 nitrogen and oxygen atoms in total. The highest BCUT2D eigenvalue weighted by molar-refractivity contribution is 6.44. The van der Waals surface area contributed by atoms with Crippen molar-refractivity contribution >= 4 is 40.1 Å². The molecule has 0 aliphatic heterocycles. The Morgan fingerprint density at radius 1 is 1.04 bits per heavy atom. The lowest BCUT2D eigenvalue weighted by molar-refractivity contribution is -0.141. The number of hydrogen-bond donors (Lipinski definition) is 2. The van der Waals surface area contributed by atoms with E-state index in [2.05, 4.69) is 4.98 Å². The fraction of sp³-hybridized carbons (Fsp3) is 0.222. The van der Waals surface area contributed by atoms with Crippen LogP contribution in [0.1, 0.15) is 12.0 Å². The Balaban J connectivity index is 0.000000194. The normalized spacial score (nSPS) is 12.0. The summed E-state index contributed by atoms with van der Waals surface area (Å²) in [6, 6.07) is 16.8. The molecule has 0 saturated carbocycles. The van der Waals surface area contributed by atoms with Crippen LogP contribution in [0.2, 0.25) is 0 Å². The molecule has 4 aromatic rings. The number of carboxylic acid groups (broad SMARTS) is 1. The van der Waals surface area contributed by atoms with Crippen molar-refractivity contribution in [2.75, 3.05) is 0 Å². The lowest BCUT2D eigenvalue weighted by Crippen LogP contribution is -2.18. The van der Waals surface area contributed by atoms with Crippen LogP contribution in [0, 0.1) is 5.92 Å². The van der Waals surface area contributed by atoms with E-state index in [1.165, 1.54) is 0 Å². The number of carboxylic acids is 1. The zero-order valence-corrected chi connectivity index (χ0v) is 14.3. The van der Waals surface area contributed by atoms with Crippen LogP contribution in [-0.2, 0) is 11.2 Å². The van der Waals surface area contributed by atoms with Gasteiger partial charge in [-0.05, 0) is 42.7 Å². The fourth-order valence-corrected chi connectivity index (χ4v) is 2.72. The molecule has 126 valence electrons. The Morgan fingerprint density at radius 2 is 1.67 bits per heavy atom. The topological polar surface area (TPSA) is 70.2 Å². The largest absolute Gasteiger partial charge is 0.481 e. The summed E-state index contributed by atoms with van der Waals surface area (Å²) in [5.74, 6) is -1.38. The van der Waals surface area contributed by atoms with Gasteiger partial charge in [-0.1, -0.05) is 30.3 Å². The molecule has 24 heavy (non-hydrogen) atoms. The first-order chi connectivity index (χ1) is 11.5. The number of aliphatic carboxylic acids is 1. The van der Waals surface area contributed by atoms with E-state index < -0.39 is 16.7 Å². The Morgan fingerprint density at radius 3 is 2.04 bits per heavy atom. The third kappa shape index (κ3) is 5.55.